The third-order valence-electron chi connectivity index (χ3n) is 8.35. The van der Waals surface area contributed by atoms with E-state index in [1.54, 1.807) is 0 Å². The molecule has 1 spiro atoms. The summed E-state index contributed by atoms with van der Waals surface area (Å²) in [6.07, 6.45) is 9.12. The molecule has 1 saturated heterocycles. The van der Waals surface area contributed by atoms with Gasteiger partial charge in [0, 0.05) is 12.0 Å². The van der Waals surface area contributed by atoms with Crippen LogP contribution in [0.15, 0.2) is 0 Å². The Hall–Kier alpha value is -0.0800. The van der Waals surface area contributed by atoms with E-state index in [0.29, 0.717) is 23.4 Å². The average molecular weight is 278 g/mol. The summed E-state index contributed by atoms with van der Waals surface area (Å²) in [6, 6.07) is 0. The second kappa shape index (κ2) is 3.81. The van der Waals surface area contributed by atoms with Crippen LogP contribution in [0, 0.1) is 28.1 Å². The number of fused-ring (bicyclic) bond motifs is 4. The third kappa shape index (κ3) is 1.38. The lowest BCUT2D eigenvalue weighted by Crippen LogP contribution is -2.57. The highest BCUT2D eigenvalue weighted by molar-refractivity contribution is 5.20. The Kier molecular flexibility index (Phi) is 2.59. The first-order valence-corrected chi connectivity index (χ1v) is 8.65. The van der Waals surface area contributed by atoms with Gasteiger partial charge in [0.1, 0.15) is 0 Å². The first-order chi connectivity index (χ1) is 9.40. The molecule has 6 atom stereocenters. The van der Waals surface area contributed by atoms with E-state index in [1.165, 1.54) is 44.9 Å². The Morgan fingerprint density at radius 3 is 2.35 bits per heavy atom. The number of aliphatic hydroxyl groups is 1. The number of ether oxygens (including phenoxy) is 1. The first kappa shape index (κ1) is 13.6. The predicted molar refractivity (Wildman–Crippen MR) is 79.4 cm³/mol. The van der Waals surface area contributed by atoms with Crippen molar-refractivity contribution in [3.05, 3.63) is 0 Å². The predicted octanol–water partition coefficient (Wildman–Crippen LogP) is 3.77. The molecule has 4 aliphatic rings. The van der Waals surface area contributed by atoms with Gasteiger partial charge in [0.2, 0.25) is 0 Å². The number of epoxide rings is 1. The molecule has 3 saturated carbocycles. The van der Waals surface area contributed by atoms with Crippen molar-refractivity contribution in [1.29, 1.82) is 0 Å². The van der Waals surface area contributed by atoms with Crippen LogP contribution >= 0.6 is 0 Å². The molecule has 114 valence electrons. The summed E-state index contributed by atoms with van der Waals surface area (Å²) in [5.41, 5.74) is 1.25. The lowest BCUT2D eigenvalue weighted by Gasteiger charge is -2.62. The van der Waals surface area contributed by atoms with Crippen molar-refractivity contribution in [3.8, 4) is 0 Å². The maximum Gasteiger partial charge on any atom is 0.0972 e. The van der Waals surface area contributed by atoms with Crippen molar-refractivity contribution >= 4 is 0 Å². The Labute approximate surface area is 123 Å². The van der Waals surface area contributed by atoms with Crippen LogP contribution < -0.4 is 0 Å². The summed E-state index contributed by atoms with van der Waals surface area (Å²) >= 11 is 0. The van der Waals surface area contributed by atoms with E-state index in [9.17, 15) is 5.11 Å². The number of rotatable bonds is 1. The SMILES string of the molecule is C[C@]1(CO)CCC[C@]2(C)[C@@H]1CC[C@]1(C)[C@H]2CC[C@]12CO2. The molecule has 1 N–H and O–H groups in total. The van der Waals surface area contributed by atoms with Gasteiger partial charge in [-0.25, -0.2) is 0 Å². The minimum absolute atomic E-state index is 0.161. The fourth-order valence-electron chi connectivity index (χ4n) is 7.07. The molecule has 0 bridgehead atoms. The normalized spacial score (nSPS) is 61.2. The maximum atomic E-state index is 10.00. The molecule has 3 aliphatic carbocycles. The Bertz CT molecular complexity index is 429. The molecule has 0 amide bonds. The highest BCUT2D eigenvalue weighted by Crippen LogP contribution is 2.73. The lowest BCUT2D eigenvalue weighted by atomic mass is 9.43. The standard InChI is InChI=1S/C18H30O2/c1-15(11-19)7-4-8-16(2)13(15)5-9-17(3)14(16)6-10-18(17)12-20-18/h13-14,19H,4-12H2,1-3H3/t13-,14+,15-,16-,17-,18+/m1/s1. The van der Waals surface area contributed by atoms with Crippen molar-refractivity contribution in [2.75, 3.05) is 13.2 Å². The summed E-state index contributed by atoms with van der Waals surface area (Å²) in [7, 11) is 0. The molecule has 4 rings (SSSR count). The topological polar surface area (TPSA) is 32.8 Å². The van der Waals surface area contributed by atoms with Gasteiger partial charge in [-0.05, 0) is 61.2 Å². The molecule has 0 radical (unpaired) electrons. The van der Waals surface area contributed by atoms with Crippen molar-refractivity contribution in [1.82, 2.24) is 0 Å². The van der Waals surface area contributed by atoms with Gasteiger partial charge in [0.05, 0.1) is 12.2 Å². The molecule has 0 aromatic heterocycles. The van der Waals surface area contributed by atoms with Gasteiger partial charge in [-0.3, -0.25) is 0 Å². The van der Waals surface area contributed by atoms with Crippen molar-refractivity contribution < 1.29 is 9.84 Å². The molecule has 1 aliphatic heterocycles. The summed E-state index contributed by atoms with van der Waals surface area (Å²) in [5, 5.41) is 10.00. The third-order valence-corrected chi connectivity index (χ3v) is 8.35. The second-order valence-electron chi connectivity index (χ2n) is 9.05. The Morgan fingerprint density at radius 2 is 1.70 bits per heavy atom. The summed E-state index contributed by atoms with van der Waals surface area (Å²) in [4.78, 5) is 0. The second-order valence-corrected chi connectivity index (χ2v) is 9.05. The van der Waals surface area contributed by atoms with E-state index in [0.717, 1.165) is 12.5 Å². The van der Waals surface area contributed by atoms with E-state index in [1.807, 2.05) is 0 Å². The van der Waals surface area contributed by atoms with Gasteiger partial charge in [-0.1, -0.05) is 27.2 Å². The summed E-state index contributed by atoms with van der Waals surface area (Å²) in [6.45, 7) is 8.80. The van der Waals surface area contributed by atoms with E-state index in [2.05, 4.69) is 20.8 Å². The zero-order valence-corrected chi connectivity index (χ0v) is 13.4. The molecule has 0 unspecified atom stereocenters. The molecule has 4 fully saturated rings. The van der Waals surface area contributed by atoms with Gasteiger partial charge in [-0.2, -0.15) is 0 Å². The van der Waals surface area contributed by atoms with Crippen LogP contribution in [0.3, 0.4) is 0 Å². The summed E-state index contributed by atoms with van der Waals surface area (Å²) < 4.78 is 5.98. The monoisotopic (exact) mass is 278 g/mol. The maximum absolute atomic E-state index is 10.00. The fraction of sp³-hybridized carbons (Fsp3) is 1.00. The molecular weight excluding hydrogens is 248 g/mol. The van der Waals surface area contributed by atoms with Gasteiger partial charge in [0.25, 0.3) is 0 Å². The molecule has 0 aromatic rings. The first-order valence-electron chi connectivity index (χ1n) is 8.65. The molecular formula is C18H30O2. The van der Waals surface area contributed by atoms with Gasteiger partial charge in [-0.15, -0.1) is 0 Å². The van der Waals surface area contributed by atoms with Crippen LogP contribution in [0.2, 0.25) is 0 Å². The smallest absolute Gasteiger partial charge is 0.0972 e. The average Bonchev–Trinajstić information content (AvgIpc) is 3.12. The number of aliphatic hydroxyl groups excluding tert-OH is 1. The number of hydrogen-bond donors (Lipinski definition) is 1. The minimum atomic E-state index is 0.161. The van der Waals surface area contributed by atoms with Crippen molar-refractivity contribution in [2.45, 2.75) is 71.3 Å². The van der Waals surface area contributed by atoms with E-state index in [4.69, 9.17) is 4.74 Å². The fourth-order valence-corrected chi connectivity index (χ4v) is 7.07. The van der Waals surface area contributed by atoms with Gasteiger partial charge < -0.3 is 9.84 Å². The molecule has 2 nitrogen and oxygen atoms in total. The quantitative estimate of drug-likeness (QED) is 0.741. The molecule has 2 heteroatoms. The minimum Gasteiger partial charge on any atom is -0.396 e. The van der Waals surface area contributed by atoms with Gasteiger partial charge in [0.15, 0.2) is 0 Å². The van der Waals surface area contributed by atoms with Crippen molar-refractivity contribution in [3.63, 3.8) is 0 Å². The zero-order valence-electron chi connectivity index (χ0n) is 13.4. The highest BCUT2D eigenvalue weighted by atomic mass is 16.6. The highest BCUT2D eigenvalue weighted by Gasteiger charge is 2.72. The van der Waals surface area contributed by atoms with Crippen molar-refractivity contribution in [2.24, 2.45) is 28.1 Å². The van der Waals surface area contributed by atoms with Crippen LogP contribution in [0.5, 0.6) is 0 Å². The van der Waals surface area contributed by atoms with Crippen LogP contribution in [-0.2, 0) is 4.74 Å². The Balaban J connectivity index is 1.73. The van der Waals surface area contributed by atoms with Crippen LogP contribution in [0.4, 0.5) is 0 Å². The van der Waals surface area contributed by atoms with E-state index >= 15 is 0 Å². The molecule has 1 heterocycles. The van der Waals surface area contributed by atoms with Crippen LogP contribution in [0.1, 0.15) is 65.7 Å². The summed E-state index contributed by atoms with van der Waals surface area (Å²) in [5.74, 6) is 1.52. The largest absolute Gasteiger partial charge is 0.396 e. The van der Waals surface area contributed by atoms with E-state index < -0.39 is 0 Å². The molecule has 0 aromatic carbocycles. The van der Waals surface area contributed by atoms with Crippen LogP contribution in [0.25, 0.3) is 0 Å². The number of hydrogen-bond acceptors (Lipinski definition) is 2. The molecule has 20 heavy (non-hydrogen) atoms. The van der Waals surface area contributed by atoms with Gasteiger partial charge >= 0.3 is 0 Å². The lowest BCUT2D eigenvalue weighted by molar-refractivity contribution is -0.145. The Morgan fingerprint density at radius 1 is 1.00 bits per heavy atom. The van der Waals surface area contributed by atoms with Crippen LogP contribution in [-0.4, -0.2) is 23.9 Å². The zero-order chi connectivity index (χ0) is 14.2. The van der Waals surface area contributed by atoms with E-state index in [-0.39, 0.29) is 11.0 Å².